The van der Waals surface area contributed by atoms with Gasteiger partial charge in [0, 0.05) is 21.7 Å². The average molecular weight is 139 g/mol. The molecule has 4 heteroatoms. The van der Waals surface area contributed by atoms with Crippen LogP contribution in [0.25, 0.3) is 0 Å². The molecule has 0 aliphatic rings. The molecule has 0 heterocycles. The summed E-state index contributed by atoms with van der Waals surface area (Å²) in [6, 6.07) is 0. The van der Waals surface area contributed by atoms with Gasteiger partial charge in [0.15, 0.2) is 0 Å². The van der Waals surface area contributed by atoms with Gasteiger partial charge in [-0.25, -0.2) is 0 Å². The number of hydrogen-bond donors (Lipinski definition) is 0. The SMILES string of the molecule is [LiH].[S]=[V].[Ti]. The van der Waals surface area contributed by atoms with E-state index in [1.54, 1.807) is 0 Å². The third-order valence-corrected chi connectivity index (χ3v) is 0. The molecule has 0 radical (unpaired) electrons. The van der Waals surface area contributed by atoms with Gasteiger partial charge in [-0.05, 0) is 0 Å². The predicted molar refractivity (Wildman–Crippen MR) is 14.7 cm³/mol. The van der Waals surface area contributed by atoms with E-state index in [2.05, 4.69) is 10.3 Å². The monoisotopic (exact) mass is 139 g/mol. The molecule has 0 N–H and O–H groups in total. The van der Waals surface area contributed by atoms with Gasteiger partial charge >= 0.3 is 44.9 Å². The van der Waals surface area contributed by atoms with Crippen LogP contribution in [0.15, 0.2) is 0 Å². The van der Waals surface area contributed by atoms with Crippen molar-refractivity contribution >= 4 is 29.1 Å². The van der Waals surface area contributed by atoms with E-state index >= 15 is 0 Å². The molecule has 0 rings (SSSR count). The van der Waals surface area contributed by atoms with E-state index in [9.17, 15) is 0 Å². The Morgan fingerprint density at radius 2 is 1.25 bits per heavy atom. The summed E-state index contributed by atoms with van der Waals surface area (Å²) >= 11 is 1.90. The Kier molecular flexibility index (Phi) is 79.8. The summed E-state index contributed by atoms with van der Waals surface area (Å²) in [6.07, 6.45) is 0. The Balaban J connectivity index is -0.00000000500. The van der Waals surface area contributed by atoms with E-state index < -0.39 is 0 Å². The summed E-state index contributed by atoms with van der Waals surface area (Å²) in [5, 5.41) is 0. The van der Waals surface area contributed by atoms with Gasteiger partial charge in [-0.1, -0.05) is 0 Å². The molecule has 0 spiro atoms. The first-order valence-electron chi connectivity index (χ1n) is 0.183. The molecular formula is HLiSTiV. The third-order valence-electron chi connectivity index (χ3n) is 0. The minimum atomic E-state index is 0. The zero-order chi connectivity index (χ0) is 2.00. The molecule has 0 unspecified atom stereocenters. The van der Waals surface area contributed by atoms with Crippen LogP contribution in [0.5, 0.6) is 0 Å². The molecule has 0 nitrogen and oxygen atoms in total. The van der Waals surface area contributed by atoms with E-state index in [0.717, 1.165) is 0 Å². The van der Waals surface area contributed by atoms with Crippen molar-refractivity contribution in [3.05, 3.63) is 0 Å². The van der Waals surface area contributed by atoms with Gasteiger partial charge in [-0.2, -0.15) is 0 Å². The minimum absolute atomic E-state index is 0. The fourth-order valence-electron chi connectivity index (χ4n) is 0. The van der Waals surface area contributed by atoms with Gasteiger partial charge in [-0.15, -0.1) is 0 Å². The van der Waals surface area contributed by atoms with E-state index in [4.69, 9.17) is 0 Å². The molecule has 0 aromatic carbocycles. The maximum Gasteiger partial charge on any atom is 0 e. The van der Waals surface area contributed by atoms with E-state index in [-0.39, 0.29) is 40.6 Å². The molecular weight excluding hydrogens is 138 g/mol. The molecule has 0 amide bonds. The van der Waals surface area contributed by atoms with E-state index in [1.165, 1.54) is 0 Å². The molecule has 0 fully saturated rings. The summed E-state index contributed by atoms with van der Waals surface area (Å²) < 4.78 is 0. The van der Waals surface area contributed by atoms with Gasteiger partial charge < -0.3 is 0 Å². The molecule has 0 aromatic rings. The number of rotatable bonds is 0. The van der Waals surface area contributed by atoms with Crippen LogP contribution < -0.4 is 0 Å². The van der Waals surface area contributed by atoms with Crippen molar-refractivity contribution in [3.63, 3.8) is 0 Å². The molecule has 0 aliphatic carbocycles. The average Bonchev–Trinajstić information content (AvgIpc) is 1.00. The van der Waals surface area contributed by atoms with Gasteiger partial charge in [0.1, 0.15) is 0 Å². The molecule has 0 aliphatic heterocycles. The Morgan fingerprint density at radius 3 is 1.25 bits per heavy atom. The fourth-order valence-corrected chi connectivity index (χ4v) is 0. The topological polar surface area (TPSA) is 0 Å². The number of hydrogen-bond acceptors (Lipinski definition) is 1. The second kappa shape index (κ2) is 19.4. The summed E-state index contributed by atoms with van der Waals surface area (Å²) in [5.74, 6) is 0. The third kappa shape index (κ3) is 8.93. The summed E-state index contributed by atoms with van der Waals surface area (Å²) in [4.78, 5) is 0. The first kappa shape index (κ1) is 16.5. The standard InChI is InChI=1S/Li.S.Ti.V.H. The van der Waals surface area contributed by atoms with Gasteiger partial charge in [0.05, 0.1) is 0 Å². The Morgan fingerprint density at radius 1 is 1.25 bits per heavy atom. The quantitative estimate of drug-likeness (QED) is 0.425. The van der Waals surface area contributed by atoms with Gasteiger partial charge in [0.2, 0.25) is 0 Å². The van der Waals surface area contributed by atoms with Crippen molar-refractivity contribution in [2.75, 3.05) is 0 Å². The van der Waals surface area contributed by atoms with Crippen LogP contribution in [-0.4, -0.2) is 18.9 Å². The minimum Gasteiger partial charge on any atom is 0 e. The first-order chi connectivity index (χ1) is 1.00. The summed E-state index contributed by atoms with van der Waals surface area (Å²) in [6.45, 7) is 0. The fraction of sp³-hybridized carbons (Fsp3) is 0. The molecule has 0 saturated carbocycles. The maximum atomic E-state index is 4.02. The normalized spacial score (nSPS) is 0.750. The van der Waals surface area contributed by atoms with Crippen molar-refractivity contribution in [1.82, 2.24) is 0 Å². The zero-order valence-corrected chi connectivity index (χ0v) is 5.13. The van der Waals surface area contributed by atoms with Crippen LogP contribution in [0.1, 0.15) is 0 Å². The second-order valence-electron chi connectivity index (χ2n) is 0. The smallest absolute Gasteiger partial charge is 0 e. The second-order valence-corrected chi connectivity index (χ2v) is 0. The molecule has 17 valence electrons. The summed E-state index contributed by atoms with van der Waals surface area (Å²) in [7, 11) is 4.02. The molecule has 0 aromatic heterocycles. The van der Waals surface area contributed by atoms with Gasteiger partial charge in [-0.3, -0.25) is 0 Å². The largest absolute Gasteiger partial charge is 0 e. The molecule has 0 atom stereocenters. The van der Waals surface area contributed by atoms with Crippen LogP contribution in [-0.2, 0) is 37.4 Å². The van der Waals surface area contributed by atoms with Crippen LogP contribution in [0.2, 0.25) is 0 Å². The van der Waals surface area contributed by atoms with Crippen LogP contribution >= 0.6 is 10.3 Å². The molecule has 0 saturated heterocycles. The Hall–Kier alpha value is 2.12. The molecule has 0 bridgehead atoms. The van der Waals surface area contributed by atoms with Crippen LogP contribution in [0, 0.1) is 0 Å². The predicted octanol–water partition coefficient (Wildman–Crippen LogP) is -0.00530. The van der Waals surface area contributed by atoms with Crippen molar-refractivity contribution < 1.29 is 37.4 Å². The van der Waals surface area contributed by atoms with Crippen molar-refractivity contribution in [2.24, 2.45) is 0 Å². The van der Waals surface area contributed by atoms with Crippen LogP contribution in [0.3, 0.4) is 0 Å². The van der Waals surface area contributed by atoms with Crippen molar-refractivity contribution in [1.29, 1.82) is 0 Å². The van der Waals surface area contributed by atoms with Crippen molar-refractivity contribution in [2.45, 2.75) is 0 Å². The Bertz CT molecular complexity index is 8.00. The molecule has 4 heavy (non-hydrogen) atoms. The van der Waals surface area contributed by atoms with E-state index in [0.29, 0.717) is 0 Å². The van der Waals surface area contributed by atoms with Crippen LogP contribution in [0.4, 0.5) is 0 Å². The van der Waals surface area contributed by atoms with Crippen molar-refractivity contribution in [3.8, 4) is 0 Å². The van der Waals surface area contributed by atoms with E-state index in [1.807, 2.05) is 15.7 Å². The zero-order valence-electron chi connectivity index (χ0n) is 1.36. The first-order valence-corrected chi connectivity index (χ1v) is 2.26. The Labute approximate surface area is 65.8 Å². The summed E-state index contributed by atoms with van der Waals surface area (Å²) in [5.41, 5.74) is 0. The maximum absolute atomic E-state index is 4.02. The van der Waals surface area contributed by atoms with Gasteiger partial charge in [0.25, 0.3) is 0 Å².